The maximum atomic E-state index is 10.9. The Hall–Kier alpha value is -0.170. The third-order valence-electron chi connectivity index (χ3n) is 1.65. The molecule has 0 aromatic heterocycles. The van der Waals surface area contributed by atoms with Crippen LogP contribution in [0.2, 0.25) is 0 Å². The van der Waals surface area contributed by atoms with Gasteiger partial charge in [-0.2, -0.15) is 0 Å². The minimum atomic E-state index is -3.03. The Bertz CT molecular complexity index is 216. The van der Waals surface area contributed by atoms with Crippen LogP contribution in [-0.4, -0.2) is 59.4 Å². The second-order valence-electron chi connectivity index (χ2n) is 2.83. The lowest BCUT2D eigenvalue weighted by Gasteiger charge is -2.13. The molecule has 0 atom stereocenters. The Balaban J connectivity index is 3.44. The van der Waals surface area contributed by atoms with Crippen molar-refractivity contribution in [2.75, 3.05) is 46.7 Å². The Morgan fingerprint density at radius 1 is 1.38 bits per heavy atom. The maximum Gasteiger partial charge on any atom is 0.210 e. The maximum absolute atomic E-state index is 10.9. The minimum absolute atomic E-state index is 0.489. The molecule has 0 unspecified atom stereocenters. The first-order valence-electron chi connectivity index (χ1n) is 4.09. The molecule has 0 spiro atoms. The summed E-state index contributed by atoms with van der Waals surface area (Å²) in [6.07, 6.45) is 1.20. The molecule has 0 bridgehead atoms. The monoisotopic (exact) mass is 210 g/mol. The molecular formula is C7H18N2O3S. The van der Waals surface area contributed by atoms with E-state index in [1.54, 1.807) is 14.2 Å². The number of rotatable bonds is 7. The molecule has 0 aliphatic carbocycles. The van der Waals surface area contributed by atoms with Gasteiger partial charge < -0.3 is 10.1 Å². The smallest absolute Gasteiger partial charge is 0.210 e. The van der Waals surface area contributed by atoms with Gasteiger partial charge in [0.25, 0.3) is 0 Å². The van der Waals surface area contributed by atoms with Crippen molar-refractivity contribution < 1.29 is 13.2 Å². The molecule has 13 heavy (non-hydrogen) atoms. The lowest BCUT2D eigenvalue weighted by Crippen LogP contribution is -2.34. The zero-order valence-electron chi connectivity index (χ0n) is 8.41. The molecule has 0 aliphatic rings. The van der Waals surface area contributed by atoms with E-state index in [0.29, 0.717) is 19.7 Å². The van der Waals surface area contributed by atoms with Crippen LogP contribution in [0, 0.1) is 0 Å². The zero-order valence-corrected chi connectivity index (χ0v) is 9.23. The highest BCUT2D eigenvalue weighted by Gasteiger charge is 2.08. The molecule has 6 heteroatoms. The van der Waals surface area contributed by atoms with Gasteiger partial charge in [-0.25, -0.2) is 12.7 Å². The van der Waals surface area contributed by atoms with Gasteiger partial charge >= 0.3 is 0 Å². The third-order valence-corrected chi connectivity index (χ3v) is 2.97. The number of sulfonamides is 1. The minimum Gasteiger partial charge on any atom is -0.383 e. The molecule has 5 nitrogen and oxygen atoms in total. The van der Waals surface area contributed by atoms with E-state index >= 15 is 0 Å². The summed E-state index contributed by atoms with van der Waals surface area (Å²) in [5, 5.41) is 3.06. The van der Waals surface area contributed by atoms with E-state index in [-0.39, 0.29) is 0 Å². The average Bonchev–Trinajstić information content (AvgIpc) is 2.02. The first kappa shape index (κ1) is 12.8. The molecule has 0 rings (SSSR count). The van der Waals surface area contributed by atoms with E-state index in [2.05, 4.69) is 5.32 Å². The van der Waals surface area contributed by atoms with Crippen LogP contribution in [0.15, 0.2) is 0 Å². The van der Waals surface area contributed by atoms with Gasteiger partial charge in [0, 0.05) is 33.8 Å². The summed E-state index contributed by atoms with van der Waals surface area (Å²) in [4.78, 5) is 0. The second kappa shape index (κ2) is 6.31. The van der Waals surface area contributed by atoms with Crippen LogP contribution in [0.4, 0.5) is 0 Å². The average molecular weight is 210 g/mol. The SMILES string of the molecule is COCCNCCN(C)S(C)(=O)=O. The molecule has 0 heterocycles. The highest BCUT2D eigenvalue weighted by Crippen LogP contribution is 1.89. The fourth-order valence-corrected chi connectivity index (χ4v) is 1.12. The van der Waals surface area contributed by atoms with Crippen molar-refractivity contribution in [3.05, 3.63) is 0 Å². The number of hydrogen-bond donors (Lipinski definition) is 1. The molecule has 0 aromatic rings. The van der Waals surface area contributed by atoms with Crippen LogP contribution in [0.3, 0.4) is 0 Å². The lowest BCUT2D eigenvalue weighted by atomic mass is 10.6. The van der Waals surface area contributed by atoms with Gasteiger partial charge in [0.2, 0.25) is 10.0 Å². The molecule has 0 saturated carbocycles. The third kappa shape index (κ3) is 6.94. The van der Waals surface area contributed by atoms with Gasteiger partial charge in [0.1, 0.15) is 0 Å². The first-order valence-corrected chi connectivity index (χ1v) is 5.94. The Kier molecular flexibility index (Phi) is 6.23. The van der Waals surface area contributed by atoms with E-state index in [0.717, 1.165) is 6.54 Å². The number of nitrogens with zero attached hydrogens (tertiary/aromatic N) is 1. The first-order chi connectivity index (χ1) is 5.98. The van der Waals surface area contributed by atoms with Gasteiger partial charge in [-0.1, -0.05) is 0 Å². The van der Waals surface area contributed by atoms with Gasteiger partial charge in [-0.3, -0.25) is 0 Å². The lowest BCUT2D eigenvalue weighted by molar-refractivity contribution is 0.199. The van der Waals surface area contributed by atoms with Crippen LogP contribution < -0.4 is 5.32 Å². The van der Waals surface area contributed by atoms with Gasteiger partial charge in [0.05, 0.1) is 12.9 Å². The van der Waals surface area contributed by atoms with Crippen molar-refractivity contribution in [1.29, 1.82) is 0 Å². The van der Waals surface area contributed by atoms with E-state index < -0.39 is 10.0 Å². The molecule has 1 N–H and O–H groups in total. The molecule has 0 aliphatic heterocycles. The summed E-state index contributed by atoms with van der Waals surface area (Å²) in [7, 11) is 0.159. The van der Waals surface area contributed by atoms with E-state index in [1.165, 1.54) is 10.6 Å². The normalized spacial score (nSPS) is 12.3. The highest BCUT2D eigenvalue weighted by molar-refractivity contribution is 7.88. The van der Waals surface area contributed by atoms with Crippen LogP contribution in [0.5, 0.6) is 0 Å². The Labute approximate surface area is 80.1 Å². The van der Waals surface area contributed by atoms with Crippen molar-refractivity contribution in [1.82, 2.24) is 9.62 Å². The summed E-state index contributed by atoms with van der Waals surface area (Å²) in [6.45, 7) is 2.52. The molecule has 0 amide bonds. The van der Waals surface area contributed by atoms with Gasteiger partial charge in [0.15, 0.2) is 0 Å². The molecular weight excluding hydrogens is 192 g/mol. The van der Waals surface area contributed by atoms with Crippen molar-refractivity contribution in [3.63, 3.8) is 0 Å². The van der Waals surface area contributed by atoms with Crippen LogP contribution in [0.1, 0.15) is 0 Å². The van der Waals surface area contributed by atoms with Crippen molar-refractivity contribution >= 4 is 10.0 Å². The second-order valence-corrected chi connectivity index (χ2v) is 4.92. The predicted octanol–water partition coefficient (Wildman–Crippen LogP) is -0.886. The van der Waals surface area contributed by atoms with Crippen molar-refractivity contribution in [3.8, 4) is 0 Å². The van der Waals surface area contributed by atoms with Gasteiger partial charge in [-0.15, -0.1) is 0 Å². The Morgan fingerprint density at radius 2 is 2.00 bits per heavy atom. The fraction of sp³-hybridized carbons (Fsp3) is 1.00. The number of likely N-dealkylation sites (N-methyl/N-ethyl adjacent to an activating group) is 1. The summed E-state index contributed by atoms with van der Waals surface area (Å²) < 4.78 is 28.0. The predicted molar refractivity (Wildman–Crippen MR) is 52.2 cm³/mol. The topological polar surface area (TPSA) is 58.6 Å². The fourth-order valence-electron chi connectivity index (χ4n) is 0.702. The largest absolute Gasteiger partial charge is 0.383 e. The van der Waals surface area contributed by atoms with E-state index in [4.69, 9.17) is 4.74 Å². The summed E-state index contributed by atoms with van der Waals surface area (Å²) in [6, 6.07) is 0. The number of nitrogens with one attached hydrogen (secondary N) is 1. The quantitative estimate of drug-likeness (QED) is 0.554. The zero-order chi connectivity index (χ0) is 10.3. The summed E-state index contributed by atoms with van der Waals surface area (Å²) in [5.74, 6) is 0. The van der Waals surface area contributed by atoms with E-state index in [9.17, 15) is 8.42 Å². The number of methoxy groups -OCH3 is 1. The standard InChI is InChI=1S/C7H18N2O3S/c1-9(13(3,10)11)6-4-8-5-7-12-2/h8H,4-7H2,1-3H3. The molecule has 80 valence electrons. The van der Waals surface area contributed by atoms with Crippen LogP contribution in [0.25, 0.3) is 0 Å². The van der Waals surface area contributed by atoms with Crippen molar-refractivity contribution in [2.24, 2.45) is 0 Å². The Morgan fingerprint density at radius 3 is 2.46 bits per heavy atom. The number of ether oxygens (including phenoxy) is 1. The molecule has 0 radical (unpaired) electrons. The number of hydrogen-bond acceptors (Lipinski definition) is 4. The summed E-state index contributed by atoms with van der Waals surface area (Å²) >= 11 is 0. The van der Waals surface area contributed by atoms with E-state index in [1.807, 2.05) is 0 Å². The van der Waals surface area contributed by atoms with Crippen LogP contribution >= 0.6 is 0 Å². The van der Waals surface area contributed by atoms with Crippen LogP contribution in [-0.2, 0) is 14.8 Å². The molecule has 0 fully saturated rings. The van der Waals surface area contributed by atoms with Crippen molar-refractivity contribution in [2.45, 2.75) is 0 Å². The highest BCUT2D eigenvalue weighted by atomic mass is 32.2. The van der Waals surface area contributed by atoms with Gasteiger partial charge in [-0.05, 0) is 0 Å². The molecule has 0 aromatic carbocycles. The molecule has 0 saturated heterocycles. The summed E-state index contributed by atoms with van der Waals surface area (Å²) in [5.41, 5.74) is 0.